The van der Waals surface area contributed by atoms with Gasteiger partial charge in [-0.1, -0.05) is 48.5 Å². The Morgan fingerprint density at radius 2 is 1.71 bits per heavy atom. The van der Waals surface area contributed by atoms with E-state index in [1.54, 1.807) is 42.3 Å². The SMILES string of the molecule is CN(CC(=O)c1ccccc1)Cc1ccccc1[N+](=O)[O-]. The molecule has 0 atom stereocenters. The molecular formula is C16H16N2O3. The molecule has 5 nitrogen and oxygen atoms in total. The topological polar surface area (TPSA) is 63.5 Å². The minimum absolute atomic E-state index is 0.00307. The second kappa shape index (κ2) is 6.76. The van der Waals surface area contributed by atoms with Crippen LogP contribution in [0.5, 0.6) is 0 Å². The van der Waals surface area contributed by atoms with Crippen molar-refractivity contribution in [3.05, 3.63) is 75.8 Å². The number of ketones is 1. The van der Waals surface area contributed by atoms with Crippen LogP contribution < -0.4 is 0 Å². The Bertz CT molecular complexity index is 641. The quantitative estimate of drug-likeness (QED) is 0.465. The first kappa shape index (κ1) is 14.9. The molecule has 0 N–H and O–H groups in total. The first-order chi connectivity index (χ1) is 10.1. The fourth-order valence-corrected chi connectivity index (χ4v) is 2.13. The number of hydrogen-bond acceptors (Lipinski definition) is 4. The lowest BCUT2D eigenvalue weighted by atomic mass is 10.1. The Hall–Kier alpha value is -2.53. The highest BCUT2D eigenvalue weighted by atomic mass is 16.6. The van der Waals surface area contributed by atoms with E-state index >= 15 is 0 Å². The first-order valence-corrected chi connectivity index (χ1v) is 6.57. The summed E-state index contributed by atoms with van der Waals surface area (Å²) in [5, 5.41) is 11.0. The third-order valence-corrected chi connectivity index (χ3v) is 3.14. The number of benzene rings is 2. The molecule has 0 saturated carbocycles. The van der Waals surface area contributed by atoms with Crippen molar-refractivity contribution in [2.75, 3.05) is 13.6 Å². The molecule has 5 heteroatoms. The van der Waals surface area contributed by atoms with Gasteiger partial charge in [-0.2, -0.15) is 0 Å². The molecule has 0 amide bonds. The first-order valence-electron chi connectivity index (χ1n) is 6.57. The van der Waals surface area contributed by atoms with E-state index in [0.29, 0.717) is 17.7 Å². The smallest absolute Gasteiger partial charge is 0.273 e. The van der Waals surface area contributed by atoms with Crippen LogP contribution in [0.3, 0.4) is 0 Å². The molecule has 0 spiro atoms. The molecule has 0 aromatic heterocycles. The average Bonchev–Trinajstić information content (AvgIpc) is 2.48. The third-order valence-electron chi connectivity index (χ3n) is 3.14. The van der Waals surface area contributed by atoms with Crippen LogP contribution in [0.15, 0.2) is 54.6 Å². The van der Waals surface area contributed by atoms with E-state index < -0.39 is 4.92 Å². The summed E-state index contributed by atoms with van der Waals surface area (Å²) < 4.78 is 0. The zero-order valence-corrected chi connectivity index (χ0v) is 11.7. The van der Waals surface area contributed by atoms with Gasteiger partial charge in [-0.05, 0) is 7.05 Å². The molecule has 2 rings (SSSR count). The van der Waals surface area contributed by atoms with Crippen molar-refractivity contribution in [3.8, 4) is 0 Å². The van der Waals surface area contributed by atoms with Crippen LogP contribution in [0.4, 0.5) is 5.69 Å². The fourth-order valence-electron chi connectivity index (χ4n) is 2.13. The summed E-state index contributed by atoms with van der Waals surface area (Å²) in [5.74, 6) is -0.00307. The Labute approximate surface area is 123 Å². The number of carbonyl (C=O) groups excluding carboxylic acids is 1. The molecule has 2 aromatic rings. The summed E-state index contributed by atoms with van der Waals surface area (Å²) in [6.45, 7) is 0.575. The van der Waals surface area contributed by atoms with E-state index in [-0.39, 0.29) is 18.0 Å². The van der Waals surface area contributed by atoms with Crippen molar-refractivity contribution in [2.45, 2.75) is 6.54 Å². The van der Waals surface area contributed by atoms with Crippen molar-refractivity contribution in [1.29, 1.82) is 0 Å². The van der Waals surface area contributed by atoms with E-state index in [1.807, 2.05) is 18.2 Å². The summed E-state index contributed by atoms with van der Waals surface area (Å²) in [4.78, 5) is 24.4. The molecule has 0 bridgehead atoms. The highest BCUT2D eigenvalue weighted by Gasteiger charge is 2.15. The average molecular weight is 284 g/mol. The molecule has 0 fully saturated rings. The van der Waals surface area contributed by atoms with E-state index in [0.717, 1.165) is 0 Å². The molecule has 0 aliphatic heterocycles. The number of carbonyl (C=O) groups is 1. The van der Waals surface area contributed by atoms with E-state index in [9.17, 15) is 14.9 Å². The second-order valence-corrected chi connectivity index (χ2v) is 4.85. The largest absolute Gasteiger partial charge is 0.294 e. The van der Waals surface area contributed by atoms with Crippen LogP contribution in [0.25, 0.3) is 0 Å². The lowest BCUT2D eigenvalue weighted by Crippen LogP contribution is -2.25. The van der Waals surface area contributed by atoms with Crippen molar-refractivity contribution in [3.63, 3.8) is 0 Å². The second-order valence-electron chi connectivity index (χ2n) is 4.85. The Balaban J connectivity index is 2.04. The van der Waals surface area contributed by atoms with Gasteiger partial charge in [0.25, 0.3) is 5.69 Å². The van der Waals surface area contributed by atoms with Crippen LogP contribution in [0.1, 0.15) is 15.9 Å². The summed E-state index contributed by atoms with van der Waals surface area (Å²) in [5.41, 5.74) is 1.33. The van der Waals surface area contributed by atoms with Gasteiger partial charge in [-0.15, -0.1) is 0 Å². The normalized spacial score (nSPS) is 10.6. The van der Waals surface area contributed by atoms with Gasteiger partial charge in [0.15, 0.2) is 5.78 Å². The van der Waals surface area contributed by atoms with Gasteiger partial charge < -0.3 is 0 Å². The maximum absolute atomic E-state index is 12.1. The van der Waals surface area contributed by atoms with Gasteiger partial charge in [-0.25, -0.2) is 0 Å². The van der Waals surface area contributed by atoms with Crippen LogP contribution >= 0.6 is 0 Å². The minimum atomic E-state index is -0.401. The zero-order chi connectivity index (χ0) is 15.2. The molecule has 0 aliphatic rings. The van der Waals surface area contributed by atoms with Gasteiger partial charge in [-0.3, -0.25) is 19.8 Å². The van der Waals surface area contributed by atoms with E-state index in [4.69, 9.17) is 0 Å². The minimum Gasteiger partial charge on any atom is -0.294 e. The van der Waals surface area contributed by atoms with Crippen molar-refractivity contribution >= 4 is 11.5 Å². The third kappa shape index (κ3) is 3.97. The number of hydrogen-bond donors (Lipinski definition) is 0. The fraction of sp³-hybridized carbons (Fsp3) is 0.188. The maximum Gasteiger partial charge on any atom is 0.273 e. The molecule has 0 radical (unpaired) electrons. The van der Waals surface area contributed by atoms with Crippen LogP contribution in [-0.2, 0) is 6.54 Å². The lowest BCUT2D eigenvalue weighted by molar-refractivity contribution is -0.385. The maximum atomic E-state index is 12.1. The van der Waals surface area contributed by atoms with Gasteiger partial charge in [0.2, 0.25) is 0 Å². The number of Topliss-reactive ketones (excluding diaryl/α,β-unsaturated/α-hetero) is 1. The lowest BCUT2D eigenvalue weighted by Gasteiger charge is -2.15. The number of nitro benzene ring substituents is 1. The van der Waals surface area contributed by atoms with Crippen molar-refractivity contribution in [1.82, 2.24) is 4.90 Å². The summed E-state index contributed by atoms with van der Waals surface area (Å²) in [6, 6.07) is 15.6. The molecule has 0 aliphatic carbocycles. The predicted octanol–water partition coefficient (Wildman–Crippen LogP) is 2.91. The van der Waals surface area contributed by atoms with Gasteiger partial charge in [0, 0.05) is 23.7 Å². The summed E-state index contributed by atoms with van der Waals surface area (Å²) in [6.07, 6.45) is 0. The number of likely N-dealkylation sites (N-methyl/N-ethyl adjacent to an activating group) is 1. The highest BCUT2D eigenvalue weighted by Crippen LogP contribution is 2.19. The van der Waals surface area contributed by atoms with Gasteiger partial charge >= 0.3 is 0 Å². The van der Waals surface area contributed by atoms with Crippen LogP contribution in [0, 0.1) is 10.1 Å². The van der Waals surface area contributed by atoms with E-state index in [1.165, 1.54) is 6.07 Å². The molecule has 0 unspecified atom stereocenters. The standard InChI is InChI=1S/C16H16N2O3/c1-17(12-16(19)13-7-3-2-4-8-13)11-14-9-5-6-10-15(14)18(20)21/h2-10H,11-12H2,1H3. The van der Waals surface area contributed by atoms with Crippen LogP contribution in [-0.4, -0.2) is 29.2 Å². The van der Waals surface area contributed by atoms with Crippen molar-refractivity contribution in [2.24, 2.45) is 0 Å². The summed E-state index contributed by atoms with van der Waals surface area (Å²) >= 11 is 0. The Morgan fingerprint density at radius 1 is 1.10 bits per heavy atom. The summed E-state index contributed by atoms with van der Waals surface area (Å²) in [7, 11) is 1.78. The molecule has 21 heavy (non-hydrogen) atoms. The van der Waals surface area contributed by atoms with Gasteiger partial charge in [0.1, 0.15) is 0 Å². The van der Waals surface area contributed by atoms with Crippen molar-refractivity contribution < 1.29 is 9.72 Å². The van der Waals surface area contributed by atoms with Gasteiger partial charge in [0.05, 0.1) is 11.5 Å². The highest BCUT2D eigenvalue weighted by molar-refractivity contribution is 5.97. The number of nitrogens with zero attached hydrogens (tertiary/aromatic N) is 2. The number of rotatable bonds is 6. The monoisotopic (exact) mass is 284 g/mol. The van der Waals surface area contributed by atoms with E-state index in [2.05, 4.69) is 0 Å². The molecular weight excluding hydrogens is 268 g/mol. The molecule has 108 valence electrons. The predicted molar refractivity (Wildman–Crippen MR) is 80.2 cm³/mol. The Morgan fingerprint density at radius 3 is 2.38 bits per heavy atom. The Kier molecular flexibility index (Phi) is 4.79. The zero-order valence-electron chi connectivity index (χ0n) is 11.7. The number of nitro groups is 1. The number of para-hydroxylation sites is 1. The molecule has 0 heterocycles. The molecule has 2 aromatic carbocycles. The molecule has 0 saturated heterocycles. The van der Waals surface area contributed by atoms with Crippen LogP contribution in [0.2, 0.25) is 0 Å².